The third kappa shape index (κ3) is 8.39. The number of carbonyl (C=O) groups is 2. The van der Waals surface area contributed by atoms with E-state index in [2.05, 4.69) is 14.7 Å². The number of aromatic nitrogens is 2. The van der Waals surface area contributed by atoms with E-state index in [1.165, 1.54) is 0 Å². The van der Waals surface area contributed by atoms with Crippen LogP contribution >= 0.6 is 0 Å². The minimum atomic E-state index is -5.08. The number of rotatable bonds is 8. The molecule has 1 saturated heterocycles. The zero-order valence-electron chi connectivity index (χ0n) is 22.1. The fourth-order valence-electron chi connectivity index (χ4n) is 4.33. The highest BCUT2D eigenvalue weighted by Gasteiger charge is 2.38. The van der Waals surface area contributed by atoms with E-state index in [1.54, 1.807) is 48.5 Å². The van der Waals surface area contributed by atoms with Crippen molar-refractivity contribution in [2.24, 2.45) is 0 Å². The molecular weight excluding hydrogens is 613 g/mol. The van der Waals surface area contributed by atoms with Crippen LogP contribution < -0.4 is 9.44 Å². The van der Waals surface area contributed by atoms with E-state index in [0.717, 1.165) is 16.6 Å². The number of para-hydroxylation sites is 2. The lowest BCUT2D eigenvalue weighted by Crippen LogP contribution is -2.31. The lowest BCUT2D eigenvalue weighted by molar-refractivity contribution is -0.192. The Bertz CT molecular complexity index is 1790. The van der Waals surface area contributed by atoms with Crippen molar-refractivity contribution in [1.82, 2.24) is 19.4 Å². The van der Waals surface area contributed by atoms with Crippen molar-refractivity contribution in [2.75, 3.05) is 0 Å². The van der Waals surface area contributed by atoms with Crippen LogP contribution in [0.5, 0.6) is 0 Å². The smallest absolute Gasteiger partial charge is 0.475 e. The molecule has 1 unspecified atom stereocenters. The summed E-state index contributed by atoms with van der Waals surface area (Å²) in [5, 5.41) is 6.19. The molecule has 0 spiro atoms. The quantitative estimate of drug-likeness (QED) is 0.227. The van der Waals surface area contributed by atoms with Crippen molar-refractivity contribution in [1.29, 1.82) is 0 Å². The van der Waals surface area contributed by atoms with Crippen LogP contribution in [-0.2, 0) is 41.8 Å². The number of halogens is 3. The first-order valence-corrected chi connectivity index (χ1v) is 15.7. The van der Waals surface area contributed by atoms with E-state index in [4.69, 9.17) is 9.90 Å². The van der Waals surface area contributed by atoms with Crippen molar-refractivity contribution >= 4 is 43.0 Å². The van der Waals surface area contributed by atoms with Gasteiger partial charge in [-0.1, -0.05) is 66.7 Å². The van der Waals surface area contributed by atoms with E-state index < -0.39 is 49.4 Å². The van der Waals surface area contributed by atoms with Crippen molar-refractivity contribution in [3.8, 4) is 0 Å². The molecule has 11 nitrogen and oxygen atoms in total. The molecule has 1 aromatic heterocycles. The van der Waals surface area contributed by atoms with Crippen LogP contribution in [-0.4, -0.2) is 50.0 Å². The van der Waals surface area contributed by atoms with Crippen molar-refractivity contribution < 1.29 is 44.7 Å². The number of carbonyl (C=O) groups excluding carboxylic acids is 1. The highest BCUT2D eigenvalue weighted by atomic mass is 32.2. The molecule has 1 amide bonds. The second kappa shape index (κ2) is 12.5. The maximum atomic E-state index is 13.1. The summed E-state index contributed by atoms with van der Waals surface area (Å²) in [6.45, 7) is 0. The van der Waals surface area contributed by atoms with Gasteiger partial charge in [0.05, 0.1) is 29.2 Å². The van der Waals surface area contributed by atoms with Crippen LogP contribution in [0, 0.1) is 0 Å². The largest absolute Gasteiger partial charge is 0.490 e. The van der Waals surface area contributed by atoms with Gasteiger partial charge >= 0.3 is 12.1 Å². The molecule has 0 saturated carbocycles. The summed E-state index contributed by atoms with van der Waals surface area (Å²) in [5.41, 5.74) is 3.46. The van der Waals surface area contributed by atoms with Crippen LogP contribution in [0.4, 0.5) is 13.2 Å². The summed E-state index contributed by atoms with van der Waals surface area (Å²) in [6, 6.07) is 22.5. The van der Waals surface area contributed by atoms with E-state index >= 15 is 0 Å². The number of fused-ring (bicyclic) bond motifs is 1. The maximum Gasteiger partial charge on any atom is 0.490 e. The van der Waals surface area contributed by atoms with Crippen LogP contribution in [0.2, 0.25) is 0 Å². The number of carboxylic acid groups (broad SMARTS) is 1. The predicted molar refractivity (Wildman–Crippen MR) is 149 cm³/mol. The Hall–Kier alpha value is -4.28. The molecule has 1 fully saturated rings. The molecule has 1 aliphatic heterocycles. The molecule has 3 aromatic carbocycles. The normalized spacial score (nSPS) is 17.1. The molecule has 4 aromatic rings. The molecule has 2 atom stereocenters. The highest BCUT2D eigenvalue weighted by Crippen LogP contribution is 2.31. The monoisotopic (exact) mass is 638 g/mol. The fraction of sp³-hybridized carbons (Fsp3) is 0.222. The minimum absolute atomic E-state index is 0.122. The summed E-state index contributed by atoms with van der Waals surface area (Å²) < 4.78 is 87.0. The molecule has 16 heteroatoms. The van der Waals surface area contributed by atoms with E-state index in [-0.39, 0.29) is 18.6 Å². The van der Waals surface area contributed by atoms with Gasteiger partial charge in [-0.2, -0.15) is 13.2 Å². The van der Waals surface area contributed by atoms with Crippen LogP contribution in [0.25, 0.3) is 11.0 Å². The fourth-order valence-corrected chi connectivity index (χ4v) is 7.11. The van der Waals surface area contributed by atoms with Gasteiger partial charge in [0.2, 0.25) is 26.0 Å². The van der Waals surface area contributed by atoms with Gasteiger partial charge in [0, 0.05) is 0 Å². The van der Waals surface area contributed by atoms with Crippen molar-refractivity contribution in [3.05, 3.63) is 101 Å². The first kappa shape index (κ1) is 31.7. The maximum absolute atomic E-state index is 13.1. The van der Waals surface area contributed by atoms with E-state index in [9.17, 15) is 34.8 Å². The van der Waals surface area contributed by atoms with Gasteiger partial charge in [-0.05, 0) is 35.2 Å². The molecule has 1 aliphatic rings. The number of benzene rings is 3. The van der Waals surface area contributed by atoms with Gasteiger partial charge in [-0.15, -0.1) is 0 Å². The molecule has 0 aliphatic carbocycles. The number of imidazole rings is 1. The molecular formula is C27H25F3N4O7S2. The molecule has 5 rings (SSSR count). The molecule has 228 valence electrons. The topological polar surface area (TPSA) is 175 Å². The number of sulfonamides is 2. The predicted octanol–water partition coefficient (Wildman–Crippen LogP) is 3.49. The lowest BCUT2D eigenvalue weighted by Gasteiger charge is -2.18. The number of aromatic amines is 1. The Balaban J connectivity index is 0.000000541. The van der Waals surface area contributed by atoms with Gasteiger partial charge in [-0.25, -0.2) is 31.3 Å². The van der Waals surface area contributed by atoms with Crippen LogP contribution in [0.1, 0.15) is 40.2 Å². The second-order valence-electron chi connectivity index (χ2n) is 9.57. The molecule has 4 N–H and O–H groups in total. The SMILES string of the molecule is O=C(O)C(F)(F)F.O=C1CC(c2ccc(C[C@H](NS(=O)(=O)Cc3ccccc3)c3nc4ccccc4[nH]3)cc2)S(=O)(=O)N1. The van der Waals surface area contributed by atoms with Gasteiger partial charge in [-0.3, -0.25) is 9.52 Å². The average molecular weight is 639 g/mol. The molecule has 43 heavy (non-hydrogen) atoms. The molecule has 0 bridgehead atoms. The zero-order valence-corrected chi connectivity index (χ0v) is 23.7. The van der Waals surface area contributed by atoms with E-state index in [0.29, 0.717) is 17.0 Å². The Morgan fingerprint density at radius 2 is 1.60 bits per heavy atom. The minimum Gasteiger partial charge on any atom is -0.475 e. The standard InChI is InChI=1S/C25H24N4O5S2.C2HF3O2/c30-24-15-23(36(33,34)29-24)19-12-10-17(11-13-19)14-22(25-26-20-8-4-5-9-21(20)27-25)28-35(31,32)16-18-6-2-1-3-7-18;3-2(4,5)1(6)7/h1-13,22-23,28H,14-16H2,(H,26,27)(H,29,30);(H,6,7)/t22-,23?;/m0./s1. The molecule has 0 radical (unpaired) electrons. The second-order valence-corrected chi connectivity index (χ2v) is 13.2. The van der Waals surface area contributed by atoms with E-state index in [1.807, 2.05) is 35.1 Å². The number of hydrogen-bond donors (Lipinski definition) is 4. The number of amides is 1. The number of H-pyrrole nitrogens is 1. The molecule has 2 heterocycles. The highest BCUT2D eigenvalue weighted by molar-refractivity contribution is 7.90. The summed E-state index contributed by atoms with van der Waals surface area (Å²) in [4.78, 5) is 28.3. The van der Waals surface area contributed by atoms with Crippen LogP contribution in [0.3, 0.4) is 0 Å². The summed E-state index contributed by atoms with van der Waals surface area (Å²) in [6.07, 6.45) is -4.93. The average Bonchev–Trinajstić information content (AvgIpc) is 3.48. The first-order chi connectivity index (χ1) is 20.1. The van der Waals surface area contributed by atoms with Gasteiger partial charge in [0.15, 0.2) is 0 Å². The van der Waals surface area contributed by atoms with Gasteiger partial charge in [0.1, 0.15) is 11.1 Å². The summed E-state index contributed by atoms with van der Waals surface area (Å²) in [5.74, 6) is -2.98. The lowest BCUT2D eigenvalue weighted by atomic mass is 10.0. The number of carboxylic acids is 1. The van der Waals surface area contributed by atoms with Gasteiger partial charge in [0.25, 0.3) is 0 Å². The third-order valence-electron chi connectivity index (χ3n) is 6.29. The Labute approximate surface area is 244 Å². The summed E-state index contributed by atoms with van der Waals surface area (Å²) >= 11 is 0. The Morgan fingerprint density at radius 1 is 1.00 bits per heavy atom. The zero-order chi connectivity index (χ0) is 31.4. The number of nitrogens with one attached hydrogen (secondary N) is 3. The van der Waals surface area contributed by atoms with Crippen molar-refractivity contribution in [3.63, 3.8) is 0 Å². The number of aliphatic carboxylic acids is 1. The Morgan fingerprint density at radius 3 is 2.16 bits per heavy atom. The number of alkyl halides is 3. The Kier molecular flexibility index (Phi) is 9.22. The van der Waals surface area contributed by atoms with Gasteiger partial charge < -0.3 is 10.1 Å². The summed E-state index contributed by atoms with van der Waals surface area (Å²) in [7, 11) is -7.46. The number of hydrogen-bond acceptors (Lipinski definition) is 7. The third-order valence-corrected chi connectivity index (χ3v) is 9.35. The number of nitrogens with zero attached hydrogens (tertiary/aromatic N) is 1. The first-order valence-electron chi connectivity index (χ1n) is 12.5. The van der Waals surface area contributed by atoms with Crippen molar-refractivity contribution in [2.45, 2.75) is 36.1 Å². The van der Waals surface area contributed by atoms with Crippen LogP contribution in [0.15, 0.2) is 78.9 Å².